The van der Waals surface area contributed by atoms with Crippen molar-refractivity contribution in [2.75, 3.05) is 13.1 Å². The maximum absolute atomic E-state index is 12.7. The molecule has 2 amide bonds. The van der Waals surface area contributed by atoms with Crippen molar-refractivity contribution in [1.29, 1.82) is 0 Å². The molecule has 2 aromatic heterocycles. The minimum absolute atomic E-state index is 0.0502. The molecule has 6 heteroatoms. The smallest absolute Gasteiger partial charge is 0.253 e. The van der Waals surface area contributed by atoms with Gasteiger partial charge in [-0.15, -0.1) is 0 Å². The number of para-hydroxylation sites is 1. The van der Waals surface area contributed by atoms with Crippen LogP contribution in [0.2, 0.25) is 0 Å². The summed E-state index contributed by atoms with van der Waals surface area (Å²) in [5, 5.41) is 4.20. The Hall–Kier alpha value is -3.15. The second kappa shape index (κ2) is 7.23. The average molecular weight is 362 g/mol. The summed E-state index contributed by atoms with van der Waals surface area (Å²) < 4.78 is 0. The van der Waals surface area contributed by atoms with Crippen molar-refractivity contribution < 1.29 is 9.59 Å². The average Bonchev–Trinajstić information content (AvgIpc) is 3.10. The summed E-state index contributed by atoms with van der Waals surface area (Å²) in [5.74, 6) is -0.0512. The van der Waals surface area contributed by atoms with E-state index in [2.05, 4.69) is 21.4 Å². The van der Waals surface area contributed by atoms with Crippen molar-refractivity contribution >= 4 is 22.7 Å². The summed E-state index contributed by atoms with van der Waals surface area (Å²) in [5.41, 5.74) is 4.88. The van der Waals surface area contributed by atoms with Crippen LogP contribution in [0.1, 0.15) is 34.0 Å². The van der Waals surface area contributed by atoms with Gasteiger partial charge < -0.3 is 15.2 Å². The molecule has 6 nitrogen and oxygen atoms in total. The van der Waals surface area contributed by atoms with Crippen LogP contribution in [0.4, 0.5) is 0 Å². The molecule has 0 saturated heterocycles. The maximum Gasteiger partial charge on any atom is 0.253 e. The lowest BCUT2D eigenvalue weighted by Gasteiger charge is -2.28. The number of nitrogens with one attached hydrogen (secondary N) is 2. The Labute approximate surface area is 157 Å². The summed E-state index contributed by atoms with van der Waals surface area (Å²) in [6.07, 6.45) is 6.83. The predicted molar refractivity (Wildman–Crippen MR) is 103 cm³/mol. The number of aromatic amines is 1. The van der Waals surface area contributed by atoms with Crippen LogP contribution in [-0.4, -0.2) is 39.8 Å². The van der Waals surface area contributed by atoms with E-state index in [9.17, 15) is 9.59 Å². The molecule has 27 heavy (non-hydrogen) atoms. The van der Waals surface area contributed by atoms with Crippen LogP contribution in [0.15, 0.2) is 42.9 Å². The van der Waals surface area contributed by atoms with Crippen molar-refractivity contribution in [3.05, 3.63) is 65.1 Å². The summed E-state index contributed by atoms with van der Waals surface area (Å²) in [6.45, 7) is 3.29. The largest absolute Gasteiger partial charge is 0.361 e. The lowest BCUT2D eigenvalue weighted by Crippen LogP contribution is -2.36. The van der Waals surface area contributed by atoms with Crippen LogP contribution in [0.5, 0.6) is 0 Å². The number of pyridine rings is 1. The van der Waals surface area contributed by atoms with Crippen LogP contribution < -0.4 is 5.32 Å². The van der Waals surface area contributed by atoms with E-state index in [1.165, 1.54) is 10.9 Å². The number of carbonyl (C=O) groups is 2. The minimum atomic E-state index is -0.101. The molecule has 0 unspecified atom stereocenters. The first-order valence-corrected chi connectivity index (χ1v) is 9.18. The molecule has 138 valence electrons. The molecule has 3 heterocycles. The molecule has 0 bridgehead atoms. The van der Waals surface area contributed by atoms with Gasteiger partial charge in [0.1, 0.15) is 0 Å². The number of nitrogens with zero attached hydrogens (tertiary/aromatic N) is 2. The Bertz CT molecular complexity index is 1010. The fourth-order valence-corrected chi connectivity index (χ4v) is 3.70. The zero-order chi connectivity index (χ0) is 18.8. The van der Waals surface area contributed by atoms with Crippen LogP contribution in [0, 0.1) is 0 Å². The first-order valence-electron chi connectivity index (χ1n) is 9.18. The molecule has 0 radical (unpaired) electrons. The molecule has 0 fully saturated rings. The number of hydrogen-bond donors (Lipinski definition) is 2. The summed E-state index contributed by atoms with van der Waals surface area (Å²) in [4.78, 5) is 33.5. The van der Waals surface area contributed by atoms with E-state index < -0.39 is 0 Å². The van der Waals surface area contributed by atoms with Crippen molar-refractivity contribution in [1.82, 2.24) is 20.2 Å². The number of benzene rings is 1. The van der Waals surface area contributed by atoms with E-state index in [0.717, 1.165) is 23.1 Å². The maximum atomic E-state index is 12.7. The third-order valence-electron chi connectivity index (χ3n) is 5.18. The monoisotopic (exact) mass is 362 g/mol. The number of H-pyrrole nitrogens is 1. The zero-order valence-electron chi connectivity index (χ0n) is 15.3. The first kappa shape index (κ1) is 17.3. The van der Waals surface area contributed by atoms with Crippen LogP contribution in [-0.2, 0) is 24.2 Å². The highest BCUT2D eigenvalue weighted by molar-refractivity contribution is 5.96. The molecule has 0 aliphatic carbocycles. The third kappa shape index (κ3) is 3.43. The second-order valence-corrected chi connectivity index (χ2v) is 6.88. The van der Waals surface area contributed by atoms with E-state index in [1.54, 1.807) is 24.2 Å². The molecule has 2 N–H and O–H groups in total. The Morgan fingerprint density at radius 2 is 2.11 bits per heavy atom. The lowest BCUT2D eigenvalue weighted by molar-refractivity contribution is -0.129. The molecule has 1 aliphatic rings. The van der Waals surface area contributed by atoms with E-state index in [1.807, 2.05) is 24.4 Å². The number of rotatable bonds is 4. The SMILES string of the molecule is CC(=O)N1CCc2c(cncc2C(=O)NCCc2c[nH]c3ccccc23)C1. The number of hydrogen-bond acceptors (Lipinski definition) is 3. The Balaban J connectivity index is 1.43. The molecule has 1 aromatic carbocycles. The predicted octanol–water partition coefficient (Wildman–Crippen LogP) is 2.44. The van der Waals surface area contributed by atoms with Gasteiger partial charge in [0, 0.05) is 56.1 Å². The van der Waals surface area contributed by atoms with Crippen LogP contribution in [0.25, 0.3) is 10.9 Å². The van der Waals surface area contributed by atoms with Crippen molar-refractivity contribution in [2.45, 2.75) is 26.3 Å². The van der Waals surface area contributed by atoms with E-state index in [-0.39, 0.29) is 11.8 Å². The molecule has 0 atom stereocenters. The third-order valence-corrected chi connectivity index (χ3v) is 5.18. The molecule has 1 aliphatic heterocycles. The molecular formula is C21H22N4O2. The first-order chi connectivity index (χ1) is 13.1. The van der Waals surface area contributed by atoms with Crippen molar-refractivity contribution in [3.8, 4) is 0 Å². The highest BCUT2D eigenvalue weighted by atomic mass is 16.2. The topological polar surface area (TPSA) is 78.1 Å². The molecular weight excluding hydrogens is 340 g/mol. The van der Waals surface area contributed by atoms with Gasteiger partial charge in [-0.05, 0) is 35.6 Å². The van der Waals surface area contributed by atoms with Crippen LogP contribution >= 0.6 is 0 Å². The van der Waals surface area contributed by atoms with Gasteiger partial charge in [0.25, 0.3) is 5.91 Å². The van der Waals surface area contributed by atoms with E-state index in [4.69, 9.17) is 0 Å². The van der Waals surface area contributed by atoms with Gasteiger partial charge in [0.15, 0.2) is 0 Å². The minimum Gasteiger partial charge on any atom is -0.361 e. The molecule has 4 rings (SSSR count). The highest BCUT2D eigenvalue weighted by Crippen LogP contribution is 2.22. The Morgan fingerprint density at radius 3 is 2.96 bits per heavy atom. The number of amides is 2. The summed E-state index contributed by atoms with van der Waals surface area (Å²) in [6, 6.07) is 8.15. The number of fused-ring (bicyclic) bond motifs is 2. The molecule has 0 saturated carbocycles. The number of carbonyl (C=O) groups excluding carboxylic acids is 2. The summed E-state index contributed by atoms with van der Waals surface area (Å²) in [7, 11) is 0. The van der Waals surface area contributed by atoms with Gasteiger partial charge in [-0.2, -0.15) is 0 Å². The highest BCUT2D eigenvalue weighted by Gasteiger charge is 2.23. The van der Waals surface area contributed by atoms with Gasteiger partial charge in [-0.25, -0.2) is 0 Å². The fourth-order valence-electron chi connectivity index (χ4n) is 3.70. The standard InChI is InChI=1S/C21H22N4O2/c1-14(26)25-9-7-17-16(13-25)10-22-12-19(17)21(27)23-8-6-15-11-24-20-5-3-2-4-18(15)20/h2-5,10-12,24H,6-9,13H2,1H3,(H,23,27). The normalized spacial score (nSPS) is 13.4. The van der Waals surface area contributed by atoms with E-state index >= 15 is 0 Å². The van der Waals surface area contributed by atoms with Gasteiger partial charge in [0.2, 0.25) is 5.91 Å². The van der Waals surface area contributed by atoms with Gasteiger partial charge >= 0.3 is 0 Å². The molecule has 3 aromatic rings. The molecule has 0 spiro atoms. The van der Waals surface area contributed by atoms with Crippen LogP contribution in [0.3, 0.4) is 0 Å². The Kier molecular flexibility index (Phi) is 4.62. The van der Waals surface area contributed by atoms with Crippen molar-refractivity contribution in [2.24, 2.45) is 0 Å². The van der Waals surface area contributed by atoms with Gasteiger partial charge in [-0.3, -0.25) is 14.6 Å². The number of aromatic nitrogens is 2. The lowest BCUT2D eigenvalue weighted by atomic mass is 9.96. The Morgan fingerprint density at radius 1 is 1.26 bits per heavy atom. The summed E-state index contributed by atoms with van der Waals surface area (Å²) >= 11 is 0. The van der Waals surface area contributed by atoms with Gasteiger partial charge in [-0.1, -0.05) is 18.2 Å². The van der Waals surface area contributed by atoms with Crippen molar-refractivity contribution in [3.63, 3.8) is 0 Å². The second-order valence-electron chi connectivity index (χ2n) is 6.88. The fraction of sp³-hybridized carbons (Fsp3) is 0.286. The quantitative estimate of drug-likeness (QED) is 0.748. The van der Waals surface area contributed by atoms with E-state index in [0.29, 0.717) is 31.6 Å². The zero-order valence-corrected chi connectivity index (χ0v) is 15.3. The van der Waals surface area contributed by atoms with Gasteiger partial charge in [0.05, 0.1) is 5.56 Å².